The summed E-state index contributed by atoms with van der Waals surface area (Å²) in [5, 5.41) is 9.18. The first-order chi connectivity index (χ1) is 13.9. The van der Waals surface area contributed by atoms with Gasteiger partial charge in [0, 0.05) is 5.25 Å². The van der Waals surface area contributed by atoms with Gasteiger partial charge in [-0.15, -0.1) is 0 Å². The fourth-order valence-corrected chi connectivity index (χ4v) is 4.91. The van der Waals surface area contributed by atoms with Gasteiger partial charge in [0.15, 0.2) is 0 Å². The monoisotopic (exact) mass is 472 g/mol. The molecule has 2 atom stereocenters. The molecule has 0 aromatic rings. The molecule has 0 aliphatic carbocycles. The van der Waals surface area contributed by atoms with Crippen LogP contribution < -0.4 is 51.4 Å². The normalized spacial score (nSPS) is 13.7. The molecule has 4 nitrogen and oxygen atoms in total. The zero-order chi connectivity index (χ0) is 21.8. The molecule has 0 aromatic carbocycles. The van der Waals surface area contributed by atoms with E-state index in [1.54, 1.807) is 0 Å². The Kier molecular flexibility index (Phi) is 26.6. The Hall–Kier alpha value is 1.51. The second-order valence-electron chi connectivity index (χ2n) is 8.87. The summed E-state index contributed by atoms with van der Waals surface area (Å²) in [4.78, 5) is 0. The van der Waals surface area contributed by atoms with E-state index < -0.39 is 15.4 Å². The van der Waals surface area contributed by atoms with Crippen molar-refractivity contribution in [3.05, 3.63) is 0 Å². The first kappa shape index (κ1) is 33.7. The standard InChI is InChI=1S/C24H50O4S.K/c1-3-5-7-8-9-10-11-12-13-14-15-17-21-24(29(26,27)28)22-18-20-23(25)19-16-6-4-2;/h23-25H,3-22H2,1-2H3,(H,26,27,28);/q;+1/p-1. The van der Waals surface area contributed by atoms with E-state index >= 15 is 0 Å². The molecule has 0 heterocycles. The number of aliphatic hydroxyl groups is 1. The van der Waals surface area contributed by atoms with Crippen LogP contribution in [0.15, 0.2) is 0 Å². The van der Waals surface area contributed by atoms with Crippen LogP contribution in [-0.4, -0.2) is 29.4 Å². The summed E-state index contributed by atoms with van der Waals surface area (Å²) < 4.78 is 34.6. The van der Waals surface area contributed by atoms with Crippen molar-refractivity contribution in [2.45, 2.75) is 154 Å². The molecule has 0 rings (SSSR count). The van der Waals surface area contributed by atoms with E-state index in [0.717, 1.165) is 44.9 Å². The molecule has 0 amide bonds. The van der Waals surface area contributed by atoms with Crippen molar-refractivity contribution in [1.29, 1.82) is 0 Å². The van der Waals surface area contributed by atoms with Crippen LogP contribution in [0.4, 0.5) is 0 Å². The molecule has 0 aromatic heterocycles. The van der Waals surface area contributed by atoms with E-state index in [4.69, 9.17) is 0 Å². The molecule has 30 heavy (non-hydrogen) atoms. The number of unbranched alkanes of at least 4 members (excludes halogenated alkanes) is 13. The van der Waals surface area contributed by atoms with E-state index in [1.165, 1.54) is 57.8 Å². The number of rotatable bonds is 22. The maximum Gasteiger partial charge on any atom is 1.00 e. The van der Waals surface area contributed by atoms with Gasteiger partial charge in [-0.1, -0.05) is 110 Å². The quantitative estimate of drug-likeness (QED) is 0.146. The minimum Gasteiger partial charge on any atom is -0.748 e. The first-order valence-electron chi connectivity index (χ1n) is 12.5. The third kappa shape index (κ3) is 22.7. The first-order valence-corrected chi connectivity index (χ1v) is 14.0. The predicted octanol–water partition coefficient (Wildman–Crippen LogP) is 4.11. The van der Waals surface area contributed by atoms with Crippen molar-refractivity contribution in [2.75, 3.05) is 0 Å². The maximum atomic E-state index is 11.5. The van der Waals surface area contributed by atoms with Gasteiger partial charge >= 0.3 is 51.4 Å². The Morgan fingerprint density at radius 1 is 0.600 bits per heavy atom. The maximum absolute atomic E-state index is 11.5. The summed E-state index contributed by atoms with van der Waals surface area (Å²) in [5.74, 6) is 0. The fraction of sp³-hybridized carbons (Fsp3) is 1.00. The van der Waals surface area contributed by atoms with Crippen LogP contribution in [0.5, 0.6) is 0 Å². The van der Waals surface area contributed by atoms with Gasteiger partial charge in [0.2, 0.25) is 0 Å². The minimum atomic E-state index is -4.23. The molecule has 0 saturated carbocycles. The van der Waals surface area contributed by atoms with Crippen molar-refractivity contribution >= 4 is 10.1 Å². The third-order valence-corrected chi connectivity index (χ3v) is 7.28. The molecule has 6 heteroatoms. The van der Waals surface area contributed by atoms with Crippen LogP contribution >= 0.6 is 0 Å². The van der Waals surface area contributed by atoms with Crippen LogP contribution in [0, 0.1) is 0 Å². The second kappa shape index (κ2) is 23.7. The van der Waals surface area contributed by atoms with Crippen molar-refractivity contribution in [3.8, 4) is 0 Å². The minimum absolute atomic E-state index is 0. The average molecular weight is 473 g/mol. The third-order valence-electron chi connectivity index (χ3n) is 5.99. The SMILES string of the molecule is CCCCCCCCCCCCCCC(CCCC(O)CCCCC)S(=O)(=O)[O-].[K+]. The van der Waals surface area contributed by atoms with E-state index in [0.29, 0.717) is 25.7 Å². The second-order valence-corrected chi connectivity index (χ2v) is 10.5. The largest absolute Gasteiger partial charge is 1.00 e. The molecule has 0 fully saturated rings. The van der Waals surface area contributed by atoms with Gasteiger partial charge in [0.25, 0.3) is 0 Å². The van der Waals surface area contributed by atoms with Crippen LogP contribution in [0.2, 0.25) is 0 Å². The Morgan fingerprint density at radius 2 is 0.933 bits per heavy atom. The predicted molar refractivity (Wildman–Crippen MR) is 123 cm³/mol. The zero-order valence-electron chi connectivity index (χ0n) is 20.4. The van der Waals surface area contributed by atoms with Gasteiger partial charge in [0.05, 0.1) is 16.2 Å². The van der Waals surface area contributed by atoms with Crippen molar-refractivity contribution in [2.24, 2.45) is 0 Å². The van der Waals surface area contributed by atoms with Crippen LogP contribution in [-0.2, 0) is 10.1 Å². The van der Waals surface area contributed by atoms with Crippen molar-refractivity contribution in [3.63, 3.8) is 0 Å². The average Bonchev–Trinajstić information content (AvgIpc) is 2.66. The topological polar surface area (TPSA) is 77.4 Å². The van der Waals surface area contributed by atoms with Gasteiger partial charge in [-0.05, 0) is 32.1 Å². The summed E-state index contributed by atoms with van der Waals surface area (Å²) in [5.41, 5.74) is 0. The van der Waals surface area contributed by atoms with Crippen LogP contribution in [0.25, 0.3) is 0 Å². The van der Waals surface area contributed by atoms with Gasteiger partial charge in [-0.25, -0.2) is 8.42 Å². The van der Waals surface area contributed by atoms with Gasteiger partial charge < -0.3 is 9.66 Å². The van der Waals surface area contributed by atoms with E-state index in [2.05, 4.69) is 13.8 Å². The molecule has 0 aliphatic heterocycles. The summed E-state index contributed by atoms with van der Waals surface area (Å²) >= 11 is 0. The van der Waals surface area contributed by atoms with Crippen molar-refractivity contribution < 1.29 is 69.5 Å². The molecular formula is C24H49KO4S. The van der Waals surface area contributed by atoms with E-state index in [1.807, 2.05) is 0 Å². The Morgan fingerprint density at radius 3 is 1.40 bits per heavy atom. The molecule has 0 saturated heterocycles. The molecule has 2 unspecified atom stereocenters. The van der Waals surface area contributed by atoms with E-state index in [9.17, 15) is 18.1 Å². The number of hydrogen-bond donors (Lipinski definition) is 1. The zero-order valence-corrected chi connectivity index (χ0v) is 24.3. The van der Waals surface area contributed by atoms with Crippen LogP contribution in [0.1, 0.15) is 142 Å². The molecule has 176 valence electrons. The Bertz CT molecular complexity index is 442. The summed E-state index contributed by atoms with van der Waals surface area (Å²) in [7, 11) is -4.23. The fourth-order valence-electron chi connectivity index (χ4n) is 4.00. The van der Waals surface area contributed by atoms with Gasteiger partial charge in [-0.3, -0.25) is 0 Å². The molecule has 0 bridgehead atoms. The summed E-state index contributed by atoms with van der Waals surface area (Å²) in [6.45, 7) is 4.38. The van der Waals surface area contributed by atoms with Gasteiger partial charge in [-0.2, -0.15) is 0 Å². The molecule has 0 radical (unpaired) electrons. The summed E-state index contributed by atoms with van der Waals surface area (Å²) in [6, 6.07) is 0. The smallest absolute Gasteiger partial charge is 0.748 e. The molecule has 0 spiro atoms. The Balaban J connectivity index is 0. The molecule has 1 N–H and O–H groups in total. The summed E-state index contributed by atoms with van der Waals surface area (Å²) in [6.07, 6.45) is 20.7. The Labute approximate surface area is 230 Å². The van der Waals surface area contributed by atoms with Gasteiger partial charge in [0.1, 0.15) is 0 Å². The molecule has 0 aliphatic rings. The van der Waals surface area contributed by atoms with Crippen molar-refractivity contribution in [1.82, 2.24) is 0 Å². The van der Waals surface area contributed by atoms with Crippen LogP contribution in [0.3, 0.4) is 0 Å². The number of hydrogen-bond acceptors (Lipinski definition) is 4. The molecular weight excluding hydrogens is 423 g/mol. The van der Waals surface area contributed by atoms with E-state index in [-0.39, 0.29) is 57.5 Å². The number of aliphatic hydroxyl groups excluding tert-OH is 1.